The zero-order valence-electron chi connectivity index (χ0n) is 19.9. The number of fused-ring (bicyclic) bond motifs is 3. The Bertz CT molecular complexity index is 1310. The largest absolute Gasteiger partial charge is 0.351 e. The van der Waals surface area contributed by atoms with Gasteiger partial charge in [0.1, 0.15) is 17.1 Å². The number of carbonyl (C=O) groups excluding carboxylic acids is 3. The van der Waals surface area contributed by atoms with Gasteiger partial charge in [-0.2, -0.15) is 0 Å². The molecule has 0 radical (unpaired) electrons. The lowest BCUT2D eigenvalue weighted by Crippen LogP contribution is -2.64. The number of rotatable bonds is 5. The molecule has 1 atom stereocenters. The lowest BCUT2D eigenvalue weighted by atomic mass is 9.93. The molecule has 3 aromatic rings. The third-order valence-corrected chi connectivity index (χ3v) is 7.21. The molecule has 0 bridgehead atoms. The van der Waals surface area contributed by atoms with Crippen LogP contribution in [-0.2, 0) is 22.7 Å². The van der Waals surface area contributed by atoms with Gasteiger partial charge in [-0.05, 0) is 43.5 Å². The van der Waals surface area contributed by atoms with Gasteiger partial charge in [0.05, 0.1) is 17.7 Å². The second-order valence-electron chi connectivity index (χ2n) is 9.75. The fourth-order valence-electron chi connectivity index (χ4n) is 5.36. The van der Waals surface area contributed by atoms with Crippen molar-refractivity contribution in [1.29, 1.82) is 0 Å². The summed E-state index contributed by atoms with van der Waals surface area (Å²) in [5.41, 5.74) is 1.09. The van der Waals surface area contributed by atoms with Crippen LogP contribution in [0.5, 0.6) is 0 Å². The van der Waals surface area contributed by atoms with Crippen LogP contribution < -0.4 is 10.6 Å². The summed E-state index contributed by atoms with van der Waals surface area (Å²) in [5.74, 6) is -1.21. The van der Waals surface area contributed by atoms with Crippen LogP contribution in [0, 0.1) is 5.82 Å². The second-order valence-corrected chi connectivity index (χ2v) is 9.75. The maximum absolute atomic E-state index is 14.1. The molecule has 0 unspecified atom stereocenters. The number of halogens is 1. The molecule has 35 heavy (non-hydrogen) atoms. The quantitative estimate of drug-likeness (QED) is 0.579. The summed E-state index contributed by atoms with van der Waals surface area (Å²) in [7, 11) is 0. The molecule has 0 saturated heterocycles. The summed E-state index contributed by atoms with van der Waals surface area (Å²) in [6.45, 7) is 3.55. The van der Waals surface area contributed by atoms with Gasteiger partial charge in [-0.3, -0.25) is 14.4 Å². The number of amides is 3. The molecule has 3 amide bonds. The molecule has 2 N–H and O–H groups in total. The van der Waals surface area contributed by atoms with E-state index in [1.165, 1.54) is 19.1 Å². The summed E-state index contributed by atoms with van der Waals surface area (Å²) < 4.78 is 15.4. The number of aromatic nitrogens is 1. The van der Waals surface area contributed by atoms with Gasteiger partial charge in [-0.15, -0.1) is 0 Å². The topological polar surface area (TPSA) is 83.4 Å². The van der Waals surface area contributed by atoms with Gasteiger partial charge in [-0.25, -0.2) is 4.39 Å². The van der Waals surface area contributed by atoms with Crippen molar-refractivity contribution in [3.63, 3.8) is 0 Å². The maximum Gasteiger partial charge on any atom is 0.273 e. The maximum atomic E-state index is 14.1. The van der Waals surface area contributed by atoms with E-state index in [4.69, 9.17) is 0 Å². The van der Waals surface area contributed by atoms with E-state index in [9.17, 15) is 18.8 Å². The van der Waals surface area contributed by atoms with Crippen molar-refractivity contribution in [3.05, 3.63) is 65.6 Å². The number of hydrogen-bond donors (Lipinski definition) is 2. The molecule has 2 aliphatic rings. The molecule has 2 aromatic carbocycles. The highest BCUT2D eigenvalue weighted by Gasteiger charge is 2.49. The molecule has 7 nitrogen and oxygen atoms in total. The second kappa shape index (κ2) is 8.83. The molecule has 1 aliphatic carbocycles. The summed E-state index contributed by atoms with van der Waals surface area (Å²) in [5, 5.41) is 6.76. The van der Waals surface area contributed by atoms with E-state index < -0.39 is 5.54 Å². The van der Waals surface area contributed by atoms with E-state index in [1.54, 1.807) is 24.0 Å². The fourth-order valence-corrected chi connectivity index (χ4v) is 5.36. The van der Waals surface area contributed by atoms with Crippen LogP contribution in [0.15, 0.2) is 48.5 Å². The Balaban J connectivity index is 1.63. The Morgan fingerprint density at radius 2 is 1.77 bits per heavy atom. The van der Waals surface area contributed by atoms with E-state index in [0.717, 1.165) is 36.6 Å². The average Bonchev–Trinajstić information content (AvgIpc) is 3.44. The van der Waals surface area contributed by atoms with E-state index in [0.29, 0.717) is 16.9 Å². The van der Waals surface area contributed by atoms with Crippen LogP contribution in [0.3, 0.4) is 0 Å². The van der Waals surface area contributed by atoms with Crippen molar-refractivity contribution in [2.24, 2.45) is 0 Å². The number of benzene rings is 2. The van der Waals surface area contributed by atoms with Crippen molar-refractivity contribution in [2.75, 3.05) is 5.32 Å². The number of para-hydroxylation sites is 1. The van der Waals surface area contributed by atoms with Crippen LogP contribution in [0.2, 0.25) is 0 Å². The summed E-state index contributed by atoms with van der Waals surface area (Å²) in [4.78, 5) is 41.5. The SMILES string of the molecule is CC(=O)Nc1c2n(c3ccccc13)C[C@@](C)(C(=O)NC1CCCC1)N(Cc1ccc(F)cc1)C2=O. The molecule has 5 rings (SSSR count). The lowest BCUT2D eigenvalue weighted by Gasteiger charge is -2.44. The standard InChI is InChI=1S/C27H29FN4O3/c1-17(33)29-23-21-9-5-6-10-22(21)31-16-27(2,26(35)30-20-7-3-4-8-20)32(25(34)24(23)31)15-18-11-13-19(28)14-12-18/h5-6,9-14,20H,3-4,7-8,15-16H2,1-2H3,(H,29,33)(H,30,35)/t27-/m0/s1. The molecular formula is C27H29FN4O3. The Hall–Kier alpha value is -3.68. The zero-order chi connectivity index (χ0) is 24.7. The molecule has 1 aliphatic heterocycles. The lowest BCUT2D eigenvalue weighted by molar-refractivity contribution is -0.133. The minimum atomic E-state index is -1.18. The molecule has 182 valence electrons. The first kappa shape index (κ1) is 23.1. The summed E-state index contributed by atoms with van der Waals surface area (Å²) >= 11 is 0. The number of anilines is 1. The number of carbonyl (C=O) groups is 3. The average molecular weight is 477 g/mol. The van der Waals surface area contributed by atoms with Crippen LogP contribution >= 0.6 is 0 Å². The van der Waals surface area contributed by atoms with E-state index >= 15 is 0 Å². The summed E-state index contributed by atoms with van der Waals surface area (Å²) in [6, 6.07) is 13.5. The normalized spacial score (nSPS) is 20.2. The van der Waals surface area contributed by atoms with Gasteiger partial charge in [0.25, 0.3) is 5.91 Å². The van der Waals surface area contributed by atoms with Crippen molar-refractivity contribution in [2.45, 2.75) is 64.2 Å². The number of nitrogens with one attached hydrogen (secondary N) is 2. The molecule has 2 heterocycles. The van der Waals surface area contributed by atoms with Gasteiger partial charge >= 0.3 is 0 Å². The highest BCUT2D eigenvalue weighted by atomic mass is 19.1. The van der Waals surface area contributed by atoms with Crippen LogP contribution in [0.25, 0.3) is 10.9 Å². The number of hydrogen-bond acceptors (Lipinski definition) is 3. The third kappa shape index (κ3) is 4.07. The van der Waals surface area contributed by atoms with Crippen molar-refractivity contribution in [3.8, 4) is 0 Å². The fraction of sp³-hybridized carbons (Fsp3) is 0.370. The molecule has 8 heteroatoms. The van der Waals surface area contributed by atoms with Gasteiger partial charge in [0.2, 0.25) is 11.8 Å². The van der Waals surface area contributed by atoms with E-state index in [1.807, 2.05) is 28.8 Å². The van der Waals surface area contributed by atoms with Crippen molar-refractivity contribution >= 4 is 34.3 Å². The minimum Gasteiger partial charge on any atom is -0.351 e. The monoisotopic (exact) mass is 476 g/mol. The summed E-state index contributed by atoms with van der Waals surface area (Å²) in [6.07, 6.45) is 4.01. The Morgan fingerprint density at radius 3 is 2.46 bits per heavy atom. The Kier molecular flexibility index (Phi) is 5.83. The predicted molar refractivity (Wildman–Crippen MR) is 131 cm³/mol. The third-order valence-electron chi connectivity index (χ3n) is 7.21. The first-order chi connectivity index (χ1) is 16.8. The molecular weight excluding hydrogens is 447 g/mol. The van der Waals surface area contributed by atoms with E-state index in [-0.39, 0.29) is 42.7 Å². The molecule has 0 spiro atoms. The minimum absolute atomic E-state index is 0.0971. The molecule has 1 aromatic heterocycles. The van der Waals surface area contributed by atoms with E-state index in [2.05, 4.69) is 10.6 Å². The smallest absolute Gasteiger partial charge is 0.273 e. The molecule has 1 saturated carbocycles. The zero-order valence-corrected chi connectivity index (χ0v) is 19.9. The van der Waals surface area contributed by atoms with Crippen LogP contribution in [0.1, 0.15) is 55.6 Å². The Morgan fingerprint density at radius 1 is 1.09 bits per heavy atom. The van der Waals surface area contributed by atoms with Gasteiger partial charge in [0, 0.05) is 24.9 Å². The van der Waals surface area contributed by atoms with Crippen molar-refractivity contribution < 1.29 is 18.8 Å². The van der Waals surface area contributed by atoms with Gasteiger partial charge < -0.3 is 20.1 Å². The number of nitrogens with zero attached hydrogens (tertiary/aromatic N) is 2. The van der Waals surface area contributed by atoms with Gasteiger partial charge in [-0.1, -0.05) is 43.2 Å². The highest BCUT2D eigenvalue weighted by Crippen LogP contribution is 2.39. The van der Waals surface area contributed by atoms with Crippen LogP contribution in [0.4, 0.5) is 10.1 Å². The first-order valence-corrected chi connectivity index (χ1v) is 12.0. The van der Waals surface area contributed by atoms with Crippen molar-refractivity contribution in [1.82, 2.24) is 14.8 Å². The first-order valence-electron chi connectivity index (χ1n) is 12.0. The molecule has 1 fully saturated rings. The Labute approximate surface area is 203 Å². The van der Waals surface area contributed by atoms with Gasteiger partial charge in [0.15, 0.2) is 0 Å². The van der Waals surface area contributed by atoms with Crippen LogP contribution in [-0.4, -0.2) is 38.8 Å². The highest BCUT2D eigenvalue weighted by molar-refractivity contribution is 6.14. The predicted octanol–water partition coefficient (Wildman–Crippen LogP) is 4.21.